The zero-order valence-corrected chi connectivity index (χ0v) is 11.0. The molecule has 0 bridgehead atoms. The third-order valence-electron chi connectivity index (χ3n) is 4.43. The molecule has 3 N–H and O–H groups in total. The highest BCUT2D eigenvalue weighted by Crippen LogP contribution is 2.31. The third-order valence-corrected chi connectivity index (χ3v) is 4.43. The molecule has 2 fully saturated rings. The summed E-state index contributed by atoms with van der Waals surface area (Å²) in [5, 5.41) is 16.1. The first-order valence-corrected chi connectivity index (χ1v) is 7.49. The van der Waals surface area contributed by atoms with E-state index < -0.39 is 0 Å². The van der Waals surface area contributed by atoms with Crippen LogP contribution in [0.2, 0.25) is 0 Å². The third kappa shape index (κ3) is 3.94. The second-order valence-electron chi connectivity index (χ2n) is 5.64. The Morgan fingerprint density at radius 3 is 2.76 bits per heavy atom. The zero-order valence-electron chi connectivity index (χ0n) is 11.0. The van der Waals surface area contributed by atoms with E-state index in [4.69, 9.17) is 5.11 Å². The van der Waals surface area contributed by atoms with Crippen molar-refractivity contribution in [3.8, 4) is 0 Å². The molecular weight excluding hydrogens is 212 g/mol. The van der Waals surface area contributed by atoms with E-state index in [9.17, 15) is 0 Å². The lowest BCUT2D eigenvalue weighted by Gasteiger charge is -2.26. The molecule has 1 saturated carbocycles. The van der Waals surface area contributed by atoms with Crippen LogP contribution in [-0.2, 0) is 0 Å². The molecule has 0 aromatic rings. The lowest BCUT2D eigenvalue weighted by atomic mass is 9.93. The predicted molar refractivity (Wildman–Crippen MR) is 71.1 cm³/mol. The summed E-state index contributed by atoms with van der Waals surface area (Å²) >= 11 is 0. The minimum absolute atomic E-state index is 0.345. The number of hydrogen-bond donors (Lipinski definition) is 3. The molecule has 1 saturated heterocycles. The lowest BCUT2D eigenvalue weighted by Crippen LogP contribution is -2.42. The van der Waals surface area contributed by atoms with Gasteiger partial charge in [0.25, 0.3) is 0 Å². The summed E-state index contributed by atoms with van der Waals surface area (Å²) in [7, 11) is 0. The standard InChI is InChI=1S/C14H28N2O/c17-11-3-1-2-9-15-13-7-4-6-12(13)14-8-5-10-16-14/h12-17H,1-11H2. The van der Waals surface area contributed by atoms with Crippen molar-refractivity contribution in [2.45, 2.75) is 63.5 Å². The van der Waals surface area contributed by atoms with E-state index in [0.717, 1.165) is 37.4 Å². The molecule has 0 aromatic carbocycles. The van der Waals surface area contributed by atoms with E-state index in [1.165, 1.54) is 45.1 Å². The number of aliphatic hydroxyl groups is 1. The molecule has 3 nitrogen and oxygen atoms in total. The minimum atomic E-state index is 0.345. The van der Waals surface area contributed by atoms with Crippen molar-refractivity contribution < 1.29 is 5.11 Å². The van der Waals surface area contributed by atoms with E-state index in [0.29, 0.717) is 6.61 Å². The molecule has 1 aliphatic carbocycles. The summed E-state index contributed by atoms with van der Waals surface area (Å²) in [6.45, 7) is 2.70. The van der Waals surface area contributed by atoms with Gasteiger partial charge in [-0.3, -0.25) is 0 Å². The summed E-state index contributed by atoms with van der Waals surface area (Å²) in [4.78, 5) is 0. The van der Waals surface area contributed by atoms with Crippen LogP contribution in [0.25, 0.3) is 0 Å². The molecule has 0 spiro atoms. The first-order chi connectivity index (χ1) is 8.42. The molecule has 1 aliphatic heterocycles. The molecule has 2 rings (SSSR count). The Morgan fingerprint density at radius 1 is 1.06 bits per heavy atom. The van der Waals surface area contributed by atoms with Crippen LogP contribution in [0, 0.1) is 5.92 Å². The van der Waals surface area contributed by atoms with Crippen molar-refractivity contribution in [1.29, 1.82) is 0 Å². The Hall–Kier alpha value is -0.120. The van der Waals surface area contributed by atoms with Gasteiger partial charge in [0.15, 0.2) is 0 Å². The molecule has 0 aromatic heterocycles. The summed E-state index contributed by atoms with van der Waals surface area (Å²) in [6, 6.07) is 1.53. The summed E-state index contributed by atoms with van der Waals surface area (Å²) < 4.78 is 0. The van der Waals surface area contributed by atoms with Crippen molar-refractivity contribution in [2.75, 3.05) is 19.7 Å². The van der Waals surface area contributed by atoms with E-state index in [1.807, 2.05) is 0 Å². The van der Waals surface area contributed by atoms with Gasteiger partial charge >= 0.3 is 0 Å². The van der Waals surface area contributed by atoms with Crippen molar-refractivity contribution in [3.63, 3.8) is 0 Å². The van der Waals surface area contributed by atoms with Gasteiger partial charge in [-0.15, -0.1) is 0 Å². The summed E-state index contributed by atoms with van der Waals surface area (Å²) in [5.41, 5.74) is 0. The Balaban J connectivity index is 1.64. The maximum absolute atomic E-state index is 8.73. The van der Waals surface area contributed by atoms with Gasteiger partial charge in [-0.2, -0.15) is 0 Å². The minimum Gasteiger partial charge on any atom is -0.396 e. The molecule has 3 heteroatoms. The molecule has 3 atom stereocenters. The molecule has 0 amide bonds. The average molecular weight is 240 g/mol. The van der Waals surface area contributed by atoms with Gasteiger partial charge in [0.2, 0.25) is 0 Å². The van der Waals surface area contributed by atoms with Crippen LogP contribution in [-0.4, -0.2) is 36.9 Å². The second kappa shape index (κ2) is 7.34. The SMILES string of the molecule is OCCCCCNC1CCCC1C1CCCN1. The van der Waals surface area contributed by atoms with E-state index >= 15 is 0 Å². The van der Waals surface area contributed by atoms with E-state index in [1.54, 1.807) is 0 Å². The molecular formula is C14H28N2O. The van der Waals surface area contributed by atoms with E-state index in [-0.39, 0.29) is 0 Å². The summed E-state index contributed by atoms with van der Waals surface area (Å²) in [5.74, 6) is 0.871. The van der Waals surface area contributed by atoms with Gasteiger partial charge < -0.3 is 15.7 Å². The Labute approximate surface area is 105 Å². The Bertz CT molecular complexity index is 204. The molecule has 3 unspecified atom stereocenters. The quantitative estimate of drug-likeness (QED) is 0.593. The van der Waals surface area contributed by atoms with Crippen molar-refractivity contribution >= 4 is 0 Å². The Morgan fingerprint density at radius 2 is 2.00 bits per heavy atom. The van der Waals surface area contributed by atoms with Gasteiger partial charge in [0.05, 0.1) is 0 Å². The van der Waals surface area contributed by atoms with Crippen LogP contribution < -0.4 is 10.6 Å². The van der Waals surface area contributed by atoms with Gasteiger partial charge in [0.1, 0.15) is 0 Å². The van der Waals surface area contributed by atoms with Gasteiger partial charge in [-0.1, -0.05) is 6.42 Å². The predicted octanol–water partition coefficient (Wildman–Crippen LogP) is 1.66. The second-order valence-corrected chi connectivity index (χ2v) is 5.64. The lowest BCUT2D eigenvalue weighted by molar-refractivity contribution is 0.280. The normalized spacial score (nSPS) is 33.4. The Kier molecular flexibility index (Phi) is 5.75. The van der Waals surface area contributed by atoms with Crippen molar-refractivity contribution in [3.05, 3.63) is 0 Å². The van der Waals surface area contributed by atoms with Gasteiger partial charge in [0, 0.05) is 18.7 Å². The van der Waals surface area contributed by atoms with Gasteiger partial charge in [-0.05, 0) is 64.0 Å². The highest BCUT2D eigenvalue weighted by Gasteiger charge is 2.34. The van der Waals surface area contributed by atoms with Crippen LogP contribution in [0.4, 0.5) is 0 Å². The number of hydrogen-bond acceptors (Lipinski definition) is 3. The maximum atomic E-state index is 8.73. The van der Waals surface area contributed by atoms with Crippen molar-refractivity contribution in [2.24, 2.45) is 5.92 Å². The fourth-order valence-corrected chi connectivity index (χ4v) is 3.50. The van der Waals surface area contributed by atoms with Crippen LogP contribution in [0.3, 0.4) is 0 Å². The monoisotopic (exact) mass is 240 g/mol. The first-order valence-electron chi connectivity index (χ1n) is 7.49. The highest BCUT2D eigenvalue weighted by atomic mass is 16.2. The zero-order chi connectivity index (χ0) is 11.9. The molecule has 2 aliphatic rings. The molecule has 1 heterocycles. The molecule has 0 radical (unpaired) electrons. The molecule has 100 valence electrons. The van der Waals surface area contributed by atoms with Crippen LogP contribution >= 0.6 is 0 Å². The van der Waals surface area contributed by atoms with Crippen LogP contribution in [0.5, 0.6) is 0 Å². The topological polar surface area (TPSA) is 44.3 Å². The fraction of sp³-hybridized carbons (Fsp3) is 1.00. The number of rotatable bonds is 7. The summed E-state index contributed by atoms with van der Waals surface area (Å²) in [6.07, 6.45) is 10.2. The average Bonchev–Trinajstić information content (AvgIpc) is 2.98. The van der Waals surface area contributed by atoms with Crippen LogP contribution in [0.15, 0.2) is 0 Å². The number of aliphatic hydroxyl groups excluding tert-OH is 1. The largest absolute Gasteiger partial charge is 0.396 e. The van der Waals surface area contributed by atoms with E-state index in [2.05, 4.69) is 10.6 Å². The number of unbranched alkanes of at least 4 members (excludes halogenated alkanes) is 2. The number of nitrogens with one attached hydrogen (secondary N) is 2. The first kappa shape index (κ1) is 13.3. The maximum Gasteiger partial charge on any atom is 0.0431 e. The smallest absolute Gasteiger partial charge is 0.0431 e. The molecule has 17 heavy (non-hydrogen) atoms. The van der Waals surface area contributed by atoms with Gasteiger partial charge in [-0.25, -0.2) is 0 Å². The van der Waals surface area contributed by atoms with Crippen LogP contribution in [0.1, 0.15) is 51.4 Å². The highest BCUT2D eigenvalue weighted by molar-refractivity contribution is 4.93. The fourth-order valence-electron chi connectivity index (χ4n) is 3.50. The van der Waals surface area contributed by atoms with Crippen molar-refractivity contribution in [1.82, 2.24) is 10.6 Å².